The molecule has 0 aliphatic heterocycles. The molecule has 0 amide bonds. The van der Waals surface area contributed by atoms with Gasteiger partial charge in [-0.15, -0.1) is 0 Å². The van der Waals surface area contributed by atoms with Gasteiger partial charge in [0.15, 0.2) is 0 Å². The molecule has 0 bridgehead atoms. The molecule has 0 fully saturated rings. The van der Waals surface area contributed by atoms with E-state index in [0.29, 0.717) is 17.9 Å². The minimum absolute atomic E-state index is 0.105. The maximum atomic E-state index is 10.8. The van der Waals surface area contributed by atoms with Crippen LogP contribution in [0.5, 0.6) is 5.75 Å². The van der Waals surface area contributed by atoms with Crippen molar-refractivity contribution in [3.8, 4) is 5.75 Å². The van der Waals surface area contributed by atoms with Gasteiger partial charge >= 0.3 is 5.97 Å². The Bertz CT molecular complexity index is 501. The van der Waals surface area contributed by atoms with Crippen LogP contribution in [0.15, 0.2) is 6.07 Å². The van der Waals surface area contributed by atoms with Gasteiger partial charge in [-0.2, -0.15) is 12.6 Å². The Kier molecular flexibility index (Phi) is 5.51. The van der Waals surface area contributed by atoms with E-state index in [4.69, 9.17) is 5.11 Å². The SMILES string of the molecule is Cc1c(O)c(C(C)(C)C)cc(CCC(=O)O)c1CCS. The Balaban J connectivity index is 3.36. The van der Waals surface area contributed by atoms with E-state index in [1.165, 1.54) is 0 Å². The Morgan fingerprint density at radius 1 is 1.30 bits per heavy atom. The monoisotopic (exact) mass is 296 g/mol. The molecule has 0 unspecified atom stereocenters. The number of phenols is 1. The molecule has 0 heterocycles. The molecule has 0 saturated carbocycles. The number of aliphatic carboxylic acids is 1. The number of rotatable bonds is 5. The lowest BCUT2D eigenvalue weighted by Gasteiger charge is -2.25. The average molecular weight is 296 g/mol. The number of aromatic hydroxyl groups is 1. The van der Waals surface area contributed by atoms with Crippen molar-refractivity contribution in [1.29, 1.82) is 0 Å². The van der Waals surface area contributed by atoms with Gasteiger partial charge < -0.3 is 10.2 Å². The summed E-state index contributed by atoms with van der Waals surface area (Å²) in [6.45, 7) is 8.02. The molecule has 0 radical (unpaired) electrons. The number of benzene rings is 1. The van der Waals surface area contributed by atoms with Crippen molar-refractivity contribution in [2.24, 2.45) is 0 Å². The fraction of sp³-hybridized carbons (Fsp3) is 0.562. The van der Waals surface area contributed by atoms with Crippen molar-refractivity contribution >= 4 is 18.6 Å². The first kappa shape index (κ1) is 16.9. The number of phenolic OH excluding ortho intramolecular Hbond substituents is 1. The number of hydrogen-bond donors (Lipinski definition) is 3. The summed E-state index contributed by atoms with van der Waals surface area (Å²) in [5.74, 6) is 0.202. The number of carboxylic acids is 1. The van der Waals surface area contributed by atoms with E-state index in [0.717, 1.165) is 28.7 Å². The molecule has 0 aromatic heterocycles. The van der Waals surface area contributed by atoms with Gasteiger partial charge in [0.1, 0.15) is 5.75 Å². The van der Waals surface area contributed by atoms with E-state index in [2.05, 4.69) is 12.6 Å². The van der Waals surface area contributed by atoms with Gasteiger partial charge in [-0.1, -0.05) is 26.8 Å². The van der Waals surface area contributed by atoms with E-state index >= 15 is 0 Å². The molecule has 0 aliphatic carbocycles. The van der Waals surface area contributed by atoms with E-state index in [9.17, 15) is 9.90 Å². The number of thiol groups is 1. The third kappa shape index (κ3) is 3.92. The lowest BCUT2D eigenvalue weighted by atomic mass is 9.81. The van der Waals surface area contributed by atoms with Crippen LogP contribution in [0.4, 0.5) is 0 Å². The minimum Gasteiger partial charge on any atom is -0.507 e. The van der Waals surface area contributed by atoms with Crippen LogP contribution in [-0.2, 0) is 23.1 Å². The normalized spacial score (nSPS) is 11.7. The van der Waals surface area contributed by atoms with Crippen LogP contribution in [0.25, 0.3) is 0 Å². The van der Waals surface area contributed by atoms with Crippen LogP contribution in [0.3, 0.4) is 0 Å². The molecule has 112 valence electrons. The highest BCUT2D eigenvalue weighted by molar-refractivity contribution is 7.80. The van der Waals surface area contributed by atoms with Crippen LogP contribution in [0.2, 0.25) is 0 Å². The Labute approximate surface area is 126 Å². The van der Waals surface area contributed by atoms with Gasteiger partial charge in [0.2, 0.25) is 0 Å². The first-order valence-corrected chi connectivity index (χ1v) is 7.49. The third-order valence-corrected chi connectivity index (χ3v) is 3.77. The zero-order chi connectivity index (χ0) is 15.5. The van der Waals surface area contributed by atoms with Gasteiger partial charge in [-0.3, -0.25) is 4.79 Å². The second-order valence-electron chi connectivity index (χ2n) is 6.15. The molecule has 1 aromatic rings. The molecular weight excluding hydrogens is 272 g/mol. The third-order valence-electron chi connectivity index (χ3n) is 3.55. The summed E-state index contributed by atoms with van der Waals surface area (Å²) in [5, 5.41) is 19.3. The predicted octanol–water partition coefficient (Wildman–Crippen LogP) is 3.49. The number of hydrogen-bond acceptors (Lipinski definition) is 3. The maximum Gasteiger partial charge on any atom is 0.303 e. The molecule has 2 N–H and O–H groups in total. The smallest absolute Gasteiger partial charge is 0.303 e. The van der Waals surface area contributed by atoms with Crippen molar-refractivity contribution < 1.29 is 15.0 Å². The highest BCUT2D eigenvalue weighted by atomic mass is 32.1. The minimum atomic E-state index is -0.801. The van der Waals surface area contributed by atoms with Gasteiger partial charge in [0, 0.05) is 6.42 Å². The standard InChI is InChI=1S/C16H24O3S/c1-10-12(7-8-20)11(5-6-14(17)18)9-13(15(10)19)16(2,3)4/h9,19-20H,5-8H2,1-4H3,(H,17,18). The molecule has 1 aromatic carbocycles. The van der Waals surface area contributed by atoms with Crippen LogP contribution in [-0.4, -0.2) is 21.9 Å². The molecule has 20 heavy (non-hydrogen) atoms. The summed E-state index contributed by atoms with van der Waals surface area (Å²) < 4.78 is 0. The highest BCUT2D eigenvalue weighted by Gasteiger charge is 2.23. The Morgan fingerprint density at radius 3 is 2.35 bits per heavy atom. The van der Waals surface area contributed by atoms with Crippen LogP contribution in [0, 0.1) is 6.92 Å². The Hall–Kier alpha value is -1.16. The van der Waals surface area contributed by atoms with Crippen molar-refractivity contribution in [2.45, 2.75) is 52.4 Å². The first-order valence-electron chi connectivity index (χ1n) is 6.86. The van der Waals surface area contributed by atoms with Crippen molar-refractivity contribution in [2.75, 3.05) is 5.75 Å². The molecule has 0 spiro atoms. The lowest BCUT2D eigenvalue weighted by Crippen LogP contribution is -2.14. The second kappa shape index (κ2) is 6.53. The highest BCUT2D eigenvalue weighted by Crippen LogP contribution is 2.37. The predicted molar refractivity (Wildman–Crippen MR) is 85.1 cm³/mol. The zero-order valence-electron chi connectivity index (χ0n) is 12.7. The molecule has 1 rings (SSSR count). The maximum absolute atomic E-state index is 10.8. The summed E-state index contributed by atoms with van der Waals surface area (Å²) in [6, 6.07) is 1.96. The number of carboxylic acid groups (broad SMARTS) is 1. The van der Waals surface area contributed by atoms with E-state index < -0.39 is 5.97 Å². The van der Waals surface area contributed by atoms with Crippen molar-refractivity contribution in [1.82, 2.24) is 0 Å². The summed E-state index contributed by atoms with van der Waals surface area (Å²) in [6.07, 6.45) is 1.33. The summed E-state index contributed by atoms with van der Waals surface area (Å²) in [4.78, 5) is 10.8. The van der Waals surface area contributed by atoms with E-state index in [-0.39, 0.29) is 11.8 Å². The van der Waals surface area contributed by atoms with Gasteiger partial charge in [0.25, 0.3) is 0 Å². The van der Waals surface area contributed by atoms with Crippen molar-refractivity contribution in [3.05, 3.63) is 28.3 Å². The van der Waals surface area contributed by atoms with Crippen LogP contribution in [0.1, 0.15) is 49.4 Å². The van der Waals surface area contributed by atoms with Gasteiger partial charge in [-0.05, 0) is 53.2 Å². The molecule has 0 atom stereocenters. The fourth-order valence-electron chi connectivity index (χ4n) is 2.41. The van der Waals surface area contributed by atoms with Crippen molar-refractivity contribution in [3.63, 3.8) is 0 Å². The fourth-order valence-corrected chi connectivity index (χ4v) is 2.64. The second-order valence-corrected chi connectivity index (χ2v) is 6.60. The lowest BCUT2D eigenvalue weighted by molar-refractivity contribution is -0.136. The molecule has 3 nitrogen and oxygen atoms in total. The van der Waals surface area contributed by atoms with Gasteiger partial charge in [0.05, 0.1) is 0 Å². The molecule has 0 saturated heterocycles. The van der Waals surface area contributed by atoms with E-state index in [1.54, 1.807) is 0 Å². The largest absolute Gasteiger partial charge is 0.507 e. The average Bonchev–Trinajstić information content (AvgIpc) is 2.32. The van der Waals surface area contributed by atoms with Crippen LogP contribution < -0.4 is 0 Å². The van der Waals surface area contributed by atoms with E-state index in [1.807, 2.05) is 33.8 Å². The summed E-state index contributed by atoms with van der Waals surface area (Å²) in [5.41, 5.74) is 3.60. The molecule has 0 aliphatic rings. The summed E-state index contributed by atoms with van der Waals surface area (Å²) in [7, 11) is 0. The number of aryl methyl sites for hydroxylation is 1. The molecular formula is C16H24O3S. The Morgan fingerprint density at radius 2 is 1.90 bits per heavy atom. The number of carbonyl (C=O) groups is 1. The quantitative estimate of drug-likeness (QED) is 0.729. The summed E-state index contributed by atoms with van der Waals surface area (Å²) >= 11 is 4.25. The van der Waals surface area contributed by atoms with Crippen LogP contribution >= 0.6 is 12.6 Å². The molecule has 4 heteroatoms. The zero-order valence-corrected chi connectivity index (χ0v) is 13.6. The topological polar surface area (TPSA) is 57.5 Å². The van der Waals surface area contributed by atoms with Gasteiger partial charge in [-0.25, -0.2) is 0 Å². The first-order chi connectivity index (χ1) is 9.18.